The number of aliphatic hydroxyl groups excluding tert-OH is 1. The molecule has 8 atom stereocenters. The van der Waals surface area contributed by atoms with E-state index in [9.17, 15) is 63.3 Å². The molecule has 28 heteroatoms. The van der Waals surface area contributed by atoms with Gasteiger partial charge in [0.1, 0.15) is 48.0 Å². The van der Waals surface area contributed by atoms with Gasteiger partial charge in [-0.3, -0.25) is 48.6 Å². The highest BCUT2D eigenvalue weighted by Crippen LogP contribution is 2.21. The minimum absolute atomic E-state index is 0.0135. The molecule has 0 radical (unpaired) electrons. The summed E-state index contributed by atoms with van der Waals surface area (Å²) in [5.74, 6) is -8.03. The van der Waals surface area contributed by atoms with Crippen LogP contribution in [0.15, 0.2) is 54.6 Å². The van der Waals surface area contributed by atoms with Gasteiger partial charge in [0.05, 0.1) is 25.7 Å². The number of thioether (sulfide) groups is 1. The minimum Gasteiger partial charge on any atom is -0.508 e. The van der Waals surface area contributed by atoms with Crippen molar-refractivity contribution in [3.63, 3.8) is 0 Å². The Kier molecular flexibility index (Phi) is 30.0. The van der Waals surface area contributed by atoms with E-state index in [0.717, 1.165) is 0 Å². The van der Waals surface area contributed by atoms with Crippen LogP contribution in [0.3, 0.4) is 0 Å². The Hall–Kier alpha value is -7.56. The summed E-state index contributed by atoms with van der Waals surface area (Å²) >= 11 is 1.40. The van der Waals surface area contributed by atoms with Gasteiger partial charge in [-0.05, 0) is 112 Å². The maximum absolute atomic E-state index is 14.2. The van der Waals surface area contributed by atoms with Crippen molar-refractivity contribution in [1.29, 1.82) is 5.41 Å². The monoisotopic (exact) mass is 1150 g/mol. The molecule has 0 saturated carbocycles. The number of aliphatic carboxylic acids is 1. The maximum atomic E-state index is 14.2. The first-order valence-electron chi connectivity index (χ1n) is 26.9. The van der Waals surface area contributed by atoms with Gasteiger partial charge < -0.3 is 85.3 Å². The number of hydrogen-bond donors (Lipinski definition) is 16. The molecule has 0 aromatic heterocycles. The van der Waals surface area contributed by atoms with Gasteiger partial charge >= 0.3 is 5.97 Å². The summed E-state index contributed by atoms with van der Waals surface area (Å²) in [5, 5.41) is 59.5. The van der Waals surface area contributed by atoms with E-state index in [4.69, 9.17) is 22.6 Å². The van der Waals surface area contributed by atoms with Gasteiger partial charge in [-0.15, -0.1) is 0 Å². The number of phenolic OH excluding ortho intramolecular Hbond substituents is 1. The fourth-order valence-corrected chi connectivity index (χ4v) is 9.11. The first kappa shape index (κ1) is 67.7. The zero-order valence-corrected chi connectivity index (χ0v) is 46.9. The van der Waals surface area contributed by atoms with Gasteiger partial charge in [0, 0.05) is 19.5 Å². The molecule has 1 saturated heterocycles. The summed E-state index contributed by atoms with van der Waals surface area (Å²) in [4.78, 5) is 136. The molecule has 1 heterocycles. The van der Waals surface area contributed by atoms with Crippen LogP contribution in [0.4, 0.5) is 0 Å². The van der Waals surface area contributed by atoms with E-state index < -0.39 is 127 Å². The standard InChI is InChI=1S/C53H82N14O13S/c1-31(2)25-39(47(74)60-29-44(71)62-38(52(79)80)14-9-22-58-53(56)57)65-50(77)42-15-10-23-67(42)51(78)37(20-24-81-3)61-43(70)28-59-46(73)36(13-7-8-21-54)63-48(75)40(27-32-11-5-4-6-12-32)64-49(76)41(30-68)66-45(72)35(55)26-33-16-18-34(69)19-17-33/h4-6,11-12,16-19,31,35-42,68-69H,7-10,13-15,20-30,54-55H2,1-3H3,(H,59,73)(H,60,74)(H,61,70)(H,62,71)(H,63,75)(H,64,76)(H,65,77)(H,66,72)(H,79,80)(H4,56,57,58)/t35-,36-,37-,38-,39-,40-,41-,42-/m0/s1. The van der Waals surface area contributed by atoms with Crippen LogP contribution in [0.1, 0.15) is 82.8 Å². The van der Waals surface area contributed by atoms with Crippen molar-refractivity contribution in [2.75, 3.05) is 51.3 Å². The molecule has 9 amide bonds. The molecule has 19 N–H and O–H groups in total. The van der Waals surface area contributed by atoms with Crippen LogP contribution in [0.25, 0.3) is 0 Å². The van der Waals surface area contributed by atoms with E-state index in [1.807, 2.05) is 13.8 Å². The number of rotatable bonds is 36. The number of guanidine groups is 1. The van der Waals surface area contributed by atoms with Gasteiger partial charge in [-0.25, -0.2) is 4.79 Å². The highest BCUT2D eigenvalue weighted by molar-refractivity contribution is 7.98. The van der Waals surface area contributed by atoms with Gasteiger partial charge in [0.15, 0.2) is 5.96 Å². The average molecular weight is 1160 g/mol. The second kappa shape index (κ2) is 35.9. The number of hydrogen-bond acceptors (Lipinski definition) is 16. The number of benzene rings is 2. The van der Waals surface area contributed by atoms with Gasteiger partial charge in [-0.1, -0.05) is 56.3 Å². The molecule has 0 spiro atoms. The lowest BCUT2D eigenvalue weighted by atomic mass is 10.0. The van der Waals surface area contributed by atoms with E-state index >= 15 is 0 Å². The Labute approximate surface area is 475 Å². The average Bonchev–Trinajstić information content (AvgIpc) is 4.00. The largest absolute Gasteiger partial charge is 0.508 e. The third-order valence-electron chi connectivity index (χ3n) is 12.9. The first-order valence-corrected chi connectivity index (χ1v) is 28.3. The van der Waals surface area contributed by atoms with Crippen LogP contribution < -0.4 is 65.1 Å². The number of phenols is 1. The van der Waals surface area contributed by atoms with Gasteiger partial charge in [0.2, 0.25) is 53.2 Å². The quantitative estimate of drug-likeness (QED) is 0.0183. The lowest BCUT2D eigenvalue weighted by Gasteiger charge is -2.30. The summed E-state index contributed by atoms with van der Waals surface area (Å²) < 4.78 is 0. The van der Waals surface area contributed by atoms with Crippen molar-refractivity contribution in [3.8, 4) is 5.75 Å². The Morgan fingerprint density at radius 2 is 1.26 bits per heavy atom. The molecule has 27 nitrogen and oxygen atoms in total. The molecule has 0 bridgehead atoms. The predicted octanol–water partition coefficient (Wildman–Crippen LogP) is -3.09. The Morgan fingerprint density at radius 3 is 1.85 bits per heavy atom. The second-order valence-corrected chi connectivity index (χ2v) is 21.0. The first-order chi connectivity index (χ1) is 38.6. The van der Waals surface area contributed by atoms with E-state index in [2.05, 4.69) is 47.9 Å². The Morgan fingerprint density at radius 1 is 0.679 bits per heavy atom. The SMILES string of the molecule is CSCC[C@H](NC(=O)CNC(=O)[C@H](CCCCN)NC(=O)[C@H](Cc1ccccc1)NC(=O)[C@H](CO)NC(=O)[C@@H](N)Cc1ccc(O)cc1)C(=O)N1CCC[C@H]1C(=O)N[C@@H](CC(C)C)C(=O)NCC(=O)N[C@@H](CCCNC(=N)N)C(=O)O. The molecule has 2 aromatic rings. The van der Waals surface area contributed by atoms with Crippen molar-refractivity contribution in [3.05, 3.63) is 65.7 Å². The van der Waals surface area contributed by atoms with Crippen LogP contribution in [0.5, 0.6) is 5.75 Å². The fraction of sp³-hybridized carbons (Fsp3) is 0.566. The lowest BCUT2D eigenvalue weighted by molar-refractivity contribution is -0.142. The molecule has 2 aromatic carbocycles. The number of nitrogens with zero attached hydrogens (tertiary/aromatic N) is 1. The lowest BCUT2D eigenvalue weighted by Crippen LogP contribution is -2.59. The molecule has 0 aliphatic carbocycles. The topological polar surface area (TPSA) is 445 Å². The normalized spacial score (nSPS) is 15.5. The molecule has 81 heavy (non-hydrogen) atoms. The zero-order chi connectivity index (χ0) is 60.0. The zero-order valence-electron chi connectivity index (χ0n) is 46.1. The third-order valence-corrected chi connectivity index (χ3v) is 13.6. The van der Waals surface area contributed by atoms with Crippen molar-refractivity contribution in [1.82, 2.24) is 52.8 Å². The summed E-state index contributed by atoms with van der Waals surface area (Å²) in [6.45, 7) is 2.17. The molecular weight excluding hydrogens is 1070 g/mol. The maximum Gasteiger partial charge on any atom is 0.326 e. The fourth-order valence-electron chi connectivity index (χ4n) is 8.64. The number of carboxylic acids is 1. The van der Waals surface area contributed by atoms with E-state index in [0.29, 0.717) is 36.1 Å². The molecular formula is C53H82N14O13S. The van der Waals surface area contributed by atoms with Crippen LogP contribution >= 0.6 is 11.8 Å². The number of aliphatic hydroxyl groups is 1. The number of carboxylic acid groups (broad SMARTS) is 1. The van der Waals surface area contributed by atoms with Crippen molar-refractivity contribution in [2.24, 2.45) is 23.1 Å². The molecule has 1 aliphatic heterocycles. The highest BCUT2D eigenvalue weighted by Gasteiger charge is 2.39. The summed E-state index contributed by atoms with van der Waals surface area (Å²) in [5.41, 5.74) is 18.3. The van der Waals surface area contributed by atoms with E-state index in [1.54, 1.807) is 48.7 Å². The van der Waals surface area contributed by atoms with Crippen molar-refractivity contribution >= 4 is 76.9 Å². The van der Waals surface area contributed by atoms with Crippen LogP contribution in [-0.2, 0) is 60.8 Å². The molecule has 1 fully saturated rings. The molecule has 1 aliphatic rings. The van der Waals surface area contributed by atoms with Crippen molar-refractivity contribution < 1.29 is 63.3 Å². The molecule has 3 rings (SSSR count). The van der Waals surface area contributed by atoms with Crippen molar-refractivity contribution in [2.45, 2.75) is 133 Å². The molecule has 0 unspecified atom stereocenters. The summed E-state index contributed by atoms with van der Waals surface area (Å²) in [6, 6.07) is 4.74. The number of aromatic hydroxyl groups is 1. The van der Waals surface area contributed by atoms with Crippen LogP contribution in [0, 0.1) is 11.3 Å². The third kappa shape index (κ3) is 24.8. The number of likely N-dealkylation sites (tertiary alicyclic amines) is 1. The Balaban J connectivity index is 1.69. The second-order valence-electron chi connectivity index (χ2n) is 20.0. The molecule has 448 valence electrons. The number of carbonyl (C=O) groups is 10. The number of amides is 9. The van der Waals surface area contributed by atoms with E-state index in [-0.39, 0.29) is 88.6 Å². The van der Waals surface area contributed by atoms with Gasteiger partial charge in [-0.2, -0.15) is 11.8 Å². The minimum atomic E-state index is -1.53. The number of nitrogens with two attached hydrogens (primary N) is 3. The van der Waals surface area contributed by atoms with Gasteiger partial charge in [0.25, 0.3) is 0 Å². The number of nitrogens with one attached hydrogen (secondary N) is 10. The smallest absolute Gasteiger partial charge is 0.326 e. The van der Waals surface area contributed by atoms with Crippen LogP contribution in [-0.4, -0.2) is 185 Å². The highest BCUT2D eigenvalue weighted by atomic mass is 32.2. The summed E-state index contributed by atoms with van der Waals surface area (Å²) in [6.07, 6.45) is 3.89. The van der Waals surface area contributed by atoms with E-state index in [1.165, 1.54) is 28.8 Å². The predicted molar refractivity (Wildman–Crippen MR) is 302 cm³/mol. The summed E-state index contributed by atoms with van der Waals surface area (Å²) in [7, 11) is 0. The number of carbonyl (C=O) groups excluding carboxylic acids is 9. The Bertz CT molecular complexity index is 2420. The van der Waals surface area contributed by atoms with Crippen LogP contribution in [0.2, 0.25) is 0 Å². The number of unbranched alkanes of at least 4 members (excludes halogenated alkanes) is 1.